The number of aliphatic imine (C=N–C) groups is 2. The Morgan fingerprint density at radius 3 is 2.00 bits per heavy atom. The summed E-state index contributed by atoms with van der Waals surface area (Å²) in [6, 6.07) is 10.6. The molecule has 10 heteroatoms. The normalized spacial score (nSPS) is 13.0. The molecule has 0 saturated carbocycles. The fraction of sp³-hybridized carbons (Fsp3) is 0.167. The maximum atomic E-state index is 12.8. The first-order valence-corrected chi connectivity index (χ1v) is 7.70. The summed E-state index contributed by atoms with van der Waals surface area (Å²) in [4.78, 5) is 19.0. The maximum Gasteiger partial charge on any atom is 0.499 e. The Bertz CT molecular complexity index is 889. The standard InChI is InChI=1S/C18H14F5N3O2/c1-11(27)12-2-4-13(5-3-12)16(24)26-10-25-14-6-8-15(9-7-14)28-18(22,23)17(19,20)21/h2-10H,1H3,(H2,24,25,26). The van der Waals surface area contributed by atoms with Crippen molar-refractivity contribution in [3.63, 3.8) is 0 Å². The molecule has 0 radical (unpaired) electrons. The zero-order chi connectivity index (χ0) is 20.9. The first-order valence-electron chi connectivity index (χ1n) is 7.70. The van der Waals surface area contributed by atoms with E-state index in [1.165, 1.54) is 19.1 Å². The van der Waals surface area contributed by atoms with Crippen LogP contribution in [0.3, 0.4) is 0 Å². The second kappa shape index (κ2) is 8.15. The molecule has 2 rings (SSSR count). The monoisotopic (exact) mass is 399 g/mol. The van der Waals surface area contributed by atoms with Gasteiger partial charge in [0, 0.05) is 11.1 Å². The lowest BCUT2D eigenvalue weighted by Gasteiger charge is -2.20. The number of Topliss-reactive ketones (excluding diaryl/α,β-unsaturated/α-hetero) is 1. The second-order valence-corrected chi connectivity index (χ2v) is 5.50. The summed E-state index contributed by atoms with van der Waals surface area (Å²) >= 11 is 0. The lowest BCUT2D eigenvalue weighted by Crippen LogP contribution is -2.41. The van der Waals surface area contributed by atoms with Gasteiger partial charge in [-0.05, 0) is 31.2 Å². The molecular formula is C18H14F5N3O2. The molecule has 2 aromatic carbocycles. The molecule has 0 amide bonds. The van der Waals surface area contributed by atoms with Crippen molar-refractivity contribution in [1.29, 1.82) is 0 Å². The third kappa shape index (κ3) is 5.35. The van der Waals surface area contributed by atoms with Gasteiger partial charge in [0.25, 0.3) is 0 Å². The zero-order valence-corrected chi connectivity index (χ0v) is 14.4. The van der Waals surface area contributed by atoms with Gasteiger partial charge in [-0.1, -0.05) is 24.3 Å². The van der Waals surface area contributed by atoms with Crippen molar-refractivity contribution in [3.05, 3.63) is 59.7 Å². The van der Waals surface area contributed by atoms with Gasteiger partial charge in [-0.15, -0.1) is 0 Å². The smallest absolute Gasteiger partial charge is 0.426 e. The molecule has 0 fully saturated rings. The van der Waals surface area contributed by atoms with Crippen LogP contribution in [0.25, 0.3) is 0 Å². The number of hydrogen-bond acceptors (Lipinski definition) is 3. The predicted octanol–water partition coefficient (Wildman–Crippen LogP) is 4.49. The Morgan fingerprint density at radius 2 is 1.50 bits per heavy atom. The van der Waals surface area contributed by atoms with Crippen LogP contribution in [-0.2, 0) is 0 Å². The van der Waals surface area contributed by atoms with E-state index >= 15 is 0 Å². The highest BCUT2D eigenvalue weighted by Gasteiger charge is 2.61. The fourth-order valence-corrected chi connectivity index (χ4v) is 1.91. The topological polar surface area (TPSA) is 77.0 Å². The molecule has 0 saturated heterocycles. The van der Waals surface area contributed by atoms with E-state index in [9.17, 15) is 26.7 Å². The average Bonchev–Trinajstić information content (AvgIpc) is 2.62. The van der Waals surface area contributed by atoms with E-state index in [1.54, 1.807) is 24.3 Å². The molecule has 2 N–H and O–H groups in total. The van der Waals surface area contributed by atoms with Gasteiger partial charge >= 0.3 is 12.3 Å². The zero-order valence-electron chi connectivity index (χ0n) is 14.4. The summed E-state index contributed by atoms with van der Waals surface area (Å²) in [6.07, 6.45) is -10.0. The van der Waals surface area contributed by atoms with E-state index in [-0.39, 0.29) is 17.3 Å². The number of amidine groups is 1. The molecule has 0 bridgehead atoms. The fourth-order valence-electron chi connectivity index (χ4n) is 1.91. The molecule has 2 aromatic rings. The largest absolute Gasteiger partial charge is 0.499 e. The van der Waals surface area contributed by atoms with Crippen LogP contribution < -0.4 is 10.5 Å². The van der Waals surface area contributed by atoms with Crippen LogP contribution in [0, 0.1) is 0 Å². The summed E-state index contributed by atoms with van der Waals surface area (Å²) in [5, 5.41) is 0. The molecule has 0 aliphatic carbocycles. The van der Waals surface area contributed by atoms with Gasteiger partial charge in [-0.25, -0.2) is 9.98 Å². The molecular weight excluding hydrogens is 385 g/mol. The SMILES string of the molecule is CC(=O)c1ccc(C(N)=NC=Nc2ccc(OC(F)(F)C(F)(F)F)cc2)cc1. The minimum absolute atomic E-state index is 0.0935. The summed E-state index contributed by atoms with van der Waals surface area (Å²) in [7, 11) is 0. The maximum absolute atomic E-state index is 12.8. The third-order valence-corrected chi connectivity index (χ3v) is 3.40. The Hall–Kier alpha value is -3.30. The number of carbonyl (C=O) groups excluding carboxylic acids is 1. The van der Waals surface area contributed by atoms with E-state index in [1.807, 2.05) is 0 Å². The Labute approximate surface area is 156 Å². The highest BCUT2D eigenvalue weighted by atomic mass is 19.4. The molecule has 0 spiro atoms. The minimum atomic E-state index is -5.82. The highest BCUT2D eigenvalue weighted by Crippen LogP contribution is 2.37. The van der Waals surface area contributed by atoms with Crippen LogP contribution in [0.1, 0.15) is 22.8 Å². The van der Waals surface area contributed by atoms with Crippen LogP contribution in [0.15, 0.2) is 58.5 Å². The van der Waals surface area contributed by atoms with Crippen LogP contribution in [-0.4, -0.2) is 30.2 Å². The Kier molecular flexibility index (Phi) is 6.12. The molecule has 0 unspecified atom stereocenters. The van der Waals surface area contributed by atoms with Crippen molar-refractivity contribution in [3.8, 4) is 5.75 Å². The lowest BCUT2D eigenvalue weighted by atomic mass is 10.1. The number of alkyl halides is 5. The molecule has 5 nitrogen and oxygen atoms in total. The number of rotatable bonds is 6. The van der Waals surface area contributed by atoms with Crippen LogP contribution in [0.5, 0.6) is 5.75 Å². The van der Waals surface area contributed by atoms with Gasteiger partial charge in [0.15, 0.2) is 5.78 Å². The number of ketones is 1. The number of ether oxygens (including phenoxy) is 1. The van der Waals surface area contributed by atoms with Crippen LogP contribution in [0.2, 0.25) is 0 Å². The number of hydrogen-bond donors (Lipinski definition) is 1. The molecule has 148 valence electrons. The quantitative estimate of drug-likeness (QED) is 0.337. The van der Waals surface area contributed by atoms with Gasteiger partial charge in [0.05, 0.1) is 5.69 Å². The lowest BCUT2D eigenvalue weighted by molar-refractivity contribution is -0.360. The van der Waals surface area contributed by atoms with Crippen molar-refractivity contribution < 1.29 is 31.5 Å². The van der Waals surface area contributed by atoms with Crippen molar-refractivity contribution >= 4 is 23.6 Å². The molecule has 0 atom stereocenters. The average molecular weight is 399 g/mol. The van der Waals surface area contributed by atoms with Crippen molar-refractivity contribution in [2.24, 2.45) is 15.7 Å². The van der Waals surface area contributed by atoms with Gasteiger partial charge in [0.2, 0.25) is 0 Å². The number of benzene rings is 2. The van der Waals surface area contributed by atoms with Crippen LogP contribution >= 0.6 is 0 Å². The Morgan fingerprint density at radius 1 is 0.964 bits per heavy atom. The number of carbonyl (C=O) groups is 1. The van der Waals surface area contributed by atoms with Gasteiger partial charge in [-0.2, -0.15) is 22.0 Å². The molecule has 0 aliphatic rings. The molecule has 28 heavy (non-hydrogen) atoms. The van der Waals surface area contributed by atoms with E-state index in [4.69, 9.17) is 5.73 Å². The summed E-state index contributed by atoms with van der Waals surface area (Å²) in [5.74, 6) is -0.650. The molecule has 0 aliphatic heterocycles. The van der Waals surface area contributed by atoms with E-state index in [2.05, 4.69) is 14.7 Å². The Balaban J connectivity index is 2.04. The van der Waals surface area contributed by atoms with E-state index < -0.39 is 18.0 Å². The highest BCUT2D eigenvalue weighted by molar-refractivity contribution is 6.02. The second-order valence-electron chi connectivity index (χ2n) is 5.50. The van der Waals surface area contributed by atoms with Crippen LogP contribution in [0.4, 0.5) is 27.6 Å². The first-order chi connectivity index (χ1) is 13.0. The molecule has 0 heterocycles. The van der Waals surface area contributed by atoms with Crippen molar-refractivity contribution in [2.75, 3.05) is 0 Å². The summed E-state index contributed by atoms with van der Waals surface area (Å²) < 4.78 is 65.6. The van der Waals surface area contributed by atoms with Gasteiger partial charge in [0.1, 0.15) is 17.9 Å². The third-order valence-electron chi connectivity index (χ3n) is 3.40. The number of halogens is 5. The summed E-state index contributed by atoms with van der Waals surface area (Å²) in [6.45, 7) is 1.43. The van der Waals surface area contributed by atoms with E-state index in [0.29, 0.717) is 11.1 Å². The minimum Gasteiger partial charge on any atom is -0.426 e. The van der Waals surface area contributed by atoms with Crippen molar-refractivity contribution in [2.45, 2.75) is 19.2 Å². The first kappa shape index (κ1) is 21.0. The number of nitrogens with two attached hydrogens (primary N) is 1. The van der Waals surface area contributed by atoms with E-state index in [0.717, 1.165) is 18.5 Å². The van der Waals surface area contributed by atoms with Gasteiger partial charge in [-0.3, -0.25) is 4.79 Å². The number of nitrogens with zero attached hydrogens (tertiary/aromatic N) is 2. The van der Waals surface area contributed by atoms with Gasteiger partial charge < -0.3 is 10.5 Å². The summed E-state index contributed by atoms with van der Waals surface area (Å²) in [5.41, 5.74) is 7.08. The molecule has 0 aromatic heterocycles. The predicted molar refractivity (Wildman–Crippen MR) is 93.4 cm³/mol. The van der Waals surface area contributed by atoms with Crippen molar-refractivity contribution in [1.82, 2.24) is 0 Å².